The van der Waals surface area contributed by atoms with Crippen molar-refractivity contribution in [1.82, 2.24) is 15.3 Å². The minimum Gasteiger partial charge on any atom is -0.478 e. The molecule has 0 unspecified atom stereocenters. The summed E-state index contributed by atoms with van der Waals surface area (Å²) in [7, 11) is 0. The van der Waals surface area contributed by atoms with E-state index in [9.17, 15) is 9.59 Å². The van der Waals surface area contributed by atoms with Crippen molar-refractivity contribution >= 4 is 44.3 Å². The highest BCUT2D eigenvalue weighted by atomic mass is 32.1. The van der Waals surface area contributed by atoms with Gasteiger partial charge in [-0.3, -0.25) is 9.78 Å². The van der Waals surface area contributed by atoms with Gasteiger partial charge < -0.3 is 10.4 Å². The molecule has 3 aromatic carbocycles. The van der Waals surface area contributed by atoms with Crippen molar-refractivity contribution < 1.29 is 14.7 Å². The summed E-state index contributed by atoms with van der Waals surface area (Å²) < 4.78 is 1.02. The van der Waals surface area contributed by atoms with E-state index in [2.05, 4.69) is 33.5 Å². The van der Waals surface area contributed by atoms with Crippen LogP contribution in [0.25, 0.3) is 32.2 Å². The van der Waals surface area contributed by atoms with Crippen molar-refractivity contribution in [2.24, 2.45) is 0 Å². The lowest BCUT2D eigenvalue weighted by molar-refractivity contribution is -0.120. The molecule has 2 aromatic heterocycles. The number of carboxylic acids is 1. The molecule has 0 aliphatic carbocycles. The summed E-state index contributed by atoms with van der Waals surface area (Å²) >= 11 is 1.50. The normalized spacial score (nSPS) is 11.0. The molecule has 0 saturated carbocycles. The quantitative estimate of drug-likeness (QED) is 0.375. The topological polar surface area (TPSA) is 92.2 Å². The molecule has 162 valence electrons. The Bertz CT molecular complexity index is 1500. The highest BCUT2D eigenvalue weighted by molar-refractivity contribution is 7.18. The summed E-state index contributed by atoms with van der Waals surface area (Å²) in [6.07, 6.45) is 1.96. The minimum absolute atomic E-state index is 0.157. The third-order valence-corrected chi connectivity index (χ3v) is 6.38. The Morgan fingerprint density at radius 1 is 0.939 bits per heavy atom. The van der Waals surface area contributed by atoms with Gasteiger partial charge in [0.15, 0.2) is 0 Å². The summed E-state index contributed by atoms with van der Waals surface area (Å²) in [6, 6.07) is 22.8. The summed E-state index contributed by atoms with van der Waals surface area (Å²) in [4.78, 5) is 32.6. The average Bonchev–Trinajstić information content (AvgIpc) is 3.24. The summed E-state index contributed by atoms with van der Waals surface area (Å²) in [6.45, 7) is 0.268. The van der Waals surface area contributed by atoms with Crippen LogP contribution in [0.2, 0.25) is 0 Å². The molecule has 0 bridgehead atoms. The van der Waals surface area contributed by atoms with Crippen molar-refractivity contribution in [3.8, 4) is 11.1 Å². The van der Waals surface area contributed by atoms with E-state index in [-0.39, 0.29) is 24.4 Å². The molecule has 0 saturated heterocycles. The number of carbonyl (C=O) groups is 2. The van der Waals surface area contributed by atoms with Gasteiger partial charge >= 0.3 is 5.97 Å². The second kappa shape index (κ2) is 8.80. The summed E-state index contributed by atoms with van der Waals surface area (Å²) in [5.74, 6) is -1.15. The zero-order chi connectivity index (χ0) is 22.8. The lowest BCUT2D eigenvalue weighted by Crippen LogP contribution is -2.24. The number of aromatic carboxylic acids is 1. The third kappa shape index (κ3) is 4.44. The number of benzene rings is 3. The van der Waals surface area contributed by atoms with Crippen molar-refractivity contribution in [3.05, 3.63) is 95.1 Å². The molecule has 2 heterocycles. The Balaban J connectivity index is 1.32. The van der Waals surface area contributed by atoms with Crippen LogP contribution in [-0.2, 0) is 17.8 Å². The van der Waals surface area contributed by atoms with Gasteiger partial charge in [0, 0.05) is 18.1 Å². The molecule has 5 aromatic rings. The molecule has 5 rings (SSSR count). The van der Waals surface area contributed by atoms with Crippen LogP contribution in [0.4, 0.5) is 0 Å². The molecule has 0 spiro atoms. The highest BCUT2D eigenvalue weighted by Gasteiger charge is 2.12. The van der Waals surface area contributed by atoms with Gasteiger partial charge in [-0.2, -0.15) is 0 Å². The van der Waals surface area contributed by atoms with Crippen molar-refractivity contribution in [1.29, 1.82) is 0 Å². The molecule has 0 atom stereocenters. The van der Waals surface area contributed by atoms with Crippen LogP contribution in [0.5, 0.6) is 0 Å². The number of amides is 1. The number of hydrogen-bond donors (Lipinski definition) is 2. The van der Waals surface area contributed by atoms with Gasteiger partial charge in [-0.25, -0.2) is 9.78 Å². The van der Waals surface area contributed by atoms with Crippen LogP contribution in [0.3, 0.4) is 0 Å². The Morgan fingerprint density at radius 3 is 2.70 bits per heavy atom. The SMILES string of the molecule is O=C(Cc1nc2ccc(-c3cccc4ncccc34)cc2s1)NCc1cccc(C(=O)O)c1. The first kappa shape index (κ1) is 20.8. The monoisotopic (exact) mass is 453 g/mol. The number of pyridine rings is 1. The van der Waals surface area contributed by atoms with Gasteiger partial charge in [0.25, 0.3) is 0 Å². The molecule has 2 N–H and O–H groups in total. The number of fused-ring (bicyclic) bond motifs is 2. The van der Waals surface area contributed by atoms with Crippen LogP contribution in [0, 0.1) is 0 Å². The first-order valence-corrected chi connectivity index (χ1v) is 11.2. The van der Waals surface area contributed by atoms with Gasteiger partial charge in [0.2, 0.25) is 5.91 Å². The van der Waals surface area contributed by atoms with Crippen LogP contribution < -0.4 is 5.32 Å². The van der Waals surface area contributed by atoms with Crippen molar-refractivity contribution in [2.75, 3.05) is 0 Å². The number of hydrogen-bond acceptors (Lipinski definition) is 5. The number of rotatable bonds is 6. The fourth-order valence-electron chi connectivity index (χ4n) is 3.79. The van der Waals surface area contributed by atoms with E-state index in [1.165, 1.54) is 17.4 Å². The first-order valence-electron chi connectivity index (χ1n) is 10.4. The Kier molecular flexibility index (Phi) is 5.54. The van der Waals surface area contributed by atoms with E-state index >= 15 is 0 Å². The van der Waals surface area contributed by atoms with E-state index in [0.717, 1.165) is 42.8 Å². The van der Waals surface area contributed by atoms with Gasteiger partial charge in [-0.15, -0.1) is 11.3 Å². The van der Waals surface area contributed by atoms with E-state index < -0.39 is 5.97 Å². The number of nitrogens with one attached hydrogen (secondary N) is 1. The number of aromatic nitrogens is 2. The second-order valence-electron chi connectivity index (χ2n) is 7.62. The summed E-state index contributed by atoms with van der Waals surface area (Å²) in [5.41, 5.74) is 4.94. The van der Waals surface area contributed by atoms with Crippen LogP contribution >= 0.6 is 11.3 Å². The molecule has 0 aliphatic rings. The van der Waals surface area contributed by atoms with E-state index in [4.69, 9.17) is 5.11 Å². The number of carbonyl (C=O) groups excluding carboxylic acids is 1. The third-order valence-electron chi connectivity index (χ3n) is 5.36. The van der Waals surface area contributed by atoms with E-state index in [1.54, 1.807) is 24.4 Å². The van der Waals surface area contributed by atoms with Gasteiger partial charge in [0.1, 0.15) is 5.01 Å². The maximum atomic E-state index is 12.4. The lowest BCUT2D eigenvalue weighted by Gasteiger charge is -2.06. The molecule has 0 fully saturated rings. The summed E-state index contributed by atoms with van der Waals surface area (Å²) in [5, 5.41) is 13.8. The standard InChI is InChI=1S/C26H19N3O3S/c30-24(28-15-16-4-1-5-18(12-16)26(31)32)14-25-29-22-10-9-17(13-23(22)33-25)19-6-2-8-21-20(19)7-3-11-27-21/h1-13H,14-15H2,(H,28,30)(H,31,32). The smallest absolute Gasteiger partial charge is 0.335 e. The molecule has 33 heavy (non-hydrogen) atoms. The lowest BCUT2D eigenvalue weighted by atomic mass is 10.0. The molecular formula is C26H19N3O3S. The highest BCUT2D eigenvalue weighted by Crippen LogP contribution is 2.32. The maximum Gasteiger partial charge on any atom is 0.335 e. The predicted molar refractivity (Wildman–Crippen MR) is 129 cm³/mol. The molecule has 6 nitrogen and oxygen atoms in total. The number of carboxylic acid groups (broad SMARTS) is 1. The van der Waals surface area contributed by atoms with E-state index in [1.807, 2.05) is 30.3 Å². The van der Waals surface area contributed by atoms with Crippen LogP contribution in [0.15, 0.2) is 79.0 Å². The zero-order valence-corrected chi connectivity index (χ0v) is 18.3. The molecule has 1 amide bonds. The fraction of sp³-hybridized carbons (Fsp3) is 0.0769. The average molecular weight is 454 g/mol. The second-order valence-corrected chi connectivity index (χ2v) is 8.74. The van der Waals surface area contributed by atoms with Crippen molar-refractivity contribution in [3.63, 3.8) is 0 Å². The maximum absolute atomic E-state index is 12.4. The Hall–Kier alpha value is -4.10. The predicted octanol–water partition coefficient (Wildman–Crippen LogP) is 5.07. The fourth-order valence-corrected chi connectivity index (χ4v) is 4.79. The largest absolute Gasteiger partial charge is 0.478 e. The van der Waals surface area contributed by atoms with Crippen LogP contribution in [-0.4, -0.2) is 27.0 Å². The van der Waals surface area contributed by atoms with Gasteiger partial charge in [-0.05, 0) is 53.1 Å². The molecule has 0 radical (unpaired) electrons. The Labute approximate surface area is 193 Å². The van der Waals surface area contributed by atoms with E-state index in [0.29, 0.717) is 0 Å². The number of thiazole rings is 1. The molecule has 0 aliphatic heterocycles. The molecule has 7 heteroatoms. The molecular weight excluding hydrogens is 434 g/mol. The minimum atomic E-state index is -0.989. The van der Waals surface area contributed by atoms with Crippen molar-refractivity contribution in [2.45, 2.75) is 13.0 Å². The zero-order valence-electron chi connectivity index (χ0n) is 17.5. The van der Waals surface area contributed by atoms with Gasteiger partial charge in [-0.1, -0.05) is 36.4 Å². The first-order chi connectivity index (χ1) is 16.1. The van der Waals surface area contributed by atoms with Crippen LogP contribution in [0.1, 0.15) is 20.9 Å². The Morgan fingerprint density at radius 2 is 1.82 bits per heavy atom. The van der Waals surface area contributed by atoms with Gasteiger partial charge in [0.05, 0.1) is 27.7 Å². The number of nitrogens with zero attached hydrogens (tertiary/aromatic N) is 2.